The van der Waals surface area contributed by atoms with Crippen LogP contribution in [0.3, 0.4) is 0 Å². The summed E-state index contributed by atoms with van der Waals surface area (Å²) < 4.78 is 18.8. The SMILES string of the molecule is CCCCCCCOP(=O)(O)N(CCC)CCC. The van der Waals surface area contributed by atoms with Crippen LogP contribution < -0.4 is 0 Å². The minimum atomic E-state index is -3.56. The van der Waals surface area contributed by atoms with Gasteiger partial charge in [-0.1, -0.05) is 46.5 Å². The van der Waals surface area contributed by atoms with Crippen LogP contribution in [0.15, 0.2) is 0 Å². The zero-order chi connectivity index (χ0) is 13.9. The van der Waals surface area contributed by atoms with E-state index in [1.165, 1.54) is 19.3 Å². The lowest BCUT2D eigenvalue weighted by atomic mass is 10.2. The van der Waals surface area contributed by atoms with Gasteiger partial charge in [0.2, 0.25) is 0 Å². The van der Waals surface area contributed by atoms with Crippen LogP contribution in [-0.2, 0) is 9.09 Å². The Bertz CT molecular complexity index is 230. The smallest absolute Gasteiger partial charge is 0.312 e. The monoisotopic (exact) mass is 279 g/mol. The fourth-order valence-corrected chi connectivity index (χ4v) is 3.29. The molecule has 0 radical (unpaired) electrons. The van der Waals surface area contributed by atoms with E-state index < -0.39 is 7.75 Å². The van der Waals surface area contributed by atoms with Gasteiger partial charge in [0.25, 0.3) is 0 Å². The first-order valence-corrected chi connectivity index (χ1v) is 8.84. The standard InChI is InChI=1S/C13H30NO3P/c1-4-7-8-9-10-13-17-18(15,16)14(11-5-2)12-6-3/h4-13H2,1-3H3,(H,15,16). The van der Waals surface area contributed by atoms with Crippen molar-refractivity contribution < 1.29 is 14.0 Å². The van der Waals surface area contributed by atoms with Gasteiger partial charge in [-0.25, -0.2) is 9.24 Å². The fraction of sp³-hybridized carbons (Fsp3) is 1.00. The Morgan fingerprint density at radius 1 is 0.944 bits per heavy atom. The lowest BCUT2D eigenvalue weighted by Gasteiger charge is -2.25. The molecule has 0 aliphatic rings. The summed E-state index contributed by atoms with van der Waals surface area (Å²) in [6.07, 6.45) is 7.30. The van der Waals surface area contributed by atoms with E-state index >= 15 is 0 Å². The van der Waals surface area contributed by atoms with Crippen LogP contribution in [0.25, 0.3) is 0 Å². The molecular formula is C13H30NO3P. The maximum atomic E-state index is 12.0. The Morgan fingerprint density at radius 3 is 2.00 bits per heavy atom. The third-order valence-electron chi connectivity index (χ3n) is 2.83. The molecule has 0 rings (SSSR count). The summed E-state index contributed by atoms with van der Waals surface area (Å²) in [5, 5.41) is 0. The molecule has 0 amide bonds. The Labute approximate surface area is 112 Å². The molecule has 0 aromatic heterocycles. The van der Waals surface area contributed by atoms with Crippen LogP contribution >= 0.6 is 7.75 Å². The molecule has 18 heavy (non-hydrogen) atoms. The van der Waals surface area contributed by atoms with E-state index in [1.807, 2.05) is 13.8 Å². The van der Waals surface area contributed by atoms with Gasteiger partial charge >= 0.3 is 7.75 Å². The van der Waals surface area contributed by atoms with Gasteiger partial charge in [0.05, 0.1) is 6.61 Å². The van der Waals surface area contributed by atoms with Crippen molar-refractivity contribution in [2.45, 2.75) is 65.7 Å². The predicted molar refractivity (Wildman–Crippen MR) is 76.7 cm³/mol. The summed E-state index contributed by atoms with van der Waals surface area (Å²) in [5.41, 5.74) is 0. The minimum absolute atomic E-state index is 0.390. The van der Waals surface area contributed by atoms with Crippen molar-refractivity contribution in [1.29, 1.82) is 0 Å². The summed E-state index contributed by atoms with van der Waals surface area (Å²) in [7, 11) is -3.56. The van der Waals surface area contributed by atoms with Gasteiger partial charge in [-0.15, -0.1) is 0 Å². The van der Waals surface area contributed by atoms with Crippen LogP contribution in [0.2, 0.25) is 0 Å². The lowest BCUT2D eigenvalue weighted by molar-refractivity contribution is 0.196. The molecule has 0 aromatic rings. The summed E-state index contributed by atoms with van der Waals surface area (Å²) >= 11 is 0. The number of rotatable bonds is 12. The lowest BCUT2D eigenvalue weighted by Crippen LogP contribution is -2.23. The third-order valence-corrected chi connectivity index (χ3v) is 4.46. The summed E-state index contributed by atoms with van der Waals surface area (Å²) in [6.45, 7) is 7.82. The first-order valence-electron chi connectivity index (χ1n) is 7.31. The summed E-state index contributed by atoms with van der Waals surface area (Å²) in [5.74, 6) is 0. The highest BCUT2D eigenvalue weighted by Gasteiger charge is 2.27. The van der Waals surface area contributed by atoms with Crippen LogP contribution in [0.1, 0.15) is 65.7 Å². The molecule has 0 fully saturated rings. The van der Waals surface area contributed by atoms with Crippen molar-refractivity contribution >= 4 is 7.75 Å². The Balaban J connectivity index is 3.91. The molecule has 1 atom stereocenters. The molecule has 110 valence electrons. The second kappa shape index (κ2) is 11.0. The Morgan fingerprint density at radius 2 is 1.50 bits per heavy atom. The van der Waals surface area contributed by atoms with Crippen LogP contribution in [-0.4, -0.2) is 29.3 Å². The number of unbranched alkanes of at least 4 members (excludes halogenated alkanes) is 4. The van der Waals surface area contributed by atoms with Crippen molar-refractivity contribution in [2.24, 2.45) is 0 Å². The molecule has 1 N–H and O–H groups in total. The number of hydrogen-bond acceptors (Lipinski definition) is 2. The first-order chi connectivity index (χ1) is 8.58. The second-order valence-electron chi connectivity index (χ2n) is 4.69. The van der Waals surface area contributed by atoms with E-state index in [9.17, 15) is 9.46 Å². The molecule has 0 aliphatic carbocycles. The topological polar surface area (TPSA) is 49.8 Å². The molecule has 1 unspecified atom stereocenters. The molecule has 0 bridgehead atoms. The quantitative estimate of drug-likeness (QED) is 0.430. The van der Waals surface area contributed by atoms with Gasteiger partial charge < -0.3 is 4.89 Å². The summed E-state index contributed by atoms with van der Waals surface area (Å²) in [6, 6.07) is 0. The van der Waals surface area contributed by atoms with Gasteiger partial charge in [0.15, 0.2) is 0 Å². The van der Waals surface area contributed by atoms with Crippen molar-refractivity contribution in [2.75, 3.05) is 19.7 Å². The van der Waals surface area contributed by atoms with Crippen molar-refractivity contribution in [3.63, 3.8) is 0 Å². The Hall–Kier alpha value is 0.110. The van der Waals surface area contributed by atoms with E-state index in [0.29, 0.717) is 19.7 Å². The van der Waals surface area contributed by atoms with Gasteiger partial charge in [-0.3, -0.25) is 4.52 Å². The molecule has 0 spiro atoms. The van der Waals surface area contributed by atoms with Crippen molar-refractivity contribution in [1.82, 2.24) is 4.67 Å². The van der Waals surface area contributed by atoms with Gasteiger partial charge in [-0.05, 0) is 19.3 Å². The third kappa shape index (κ3) is 8.25. The number of hydrogen-bond donors (Lipinski definition) is 1. The highest BCUT2D eigenvalue weighted by molar-refractivity contribution is 7.50. The van der Waals surface area contributed by atoms with Crippen molar-refractivity contribution in [3.8, 4) is 0 Å². The average molecular weight is 279 g/mol. The predicted octanol–water partition coefficient (Wildman–Crippen LogP) is 4.20. The molecule has 5 heteroatoms. The summed E-state index contributed by atoms with van der Waals surface area (Å²) in [4.78, 5) is 9.90. The highest BCUT2D eigenvalue weighted by atomic mass is 31.2. The number of nitrogens with zero attached hydrogens (tertiary/aromatic N) is 1. The largest absolute Gasteiger partial charge is 0.405 e. The second-order valence-corrected chi connectivity index (χ2v) is 6.50. The van der Waals surface area contributed by atoms with Gasteiger partial charge in [0, 0.05) is 13.1 Å². The van der Waals surface area contributed by atoms with E-state index in [0.717, 1.165) is 25.7 Å². The van der Waals surface area contributed by atoms with Crippen molar-refractivity contribution in [3.05, 3.63) is 0 Å². The Kier molecular flexibility index (Phi) is 11.0. The maximum absolute atomic E-state index is 12.0. The molecule has 0 aliphatic heterocycles. The molecule has 4 nitrogen and oxygen atoms in total. The average Bonchev–Trinajstić information content (AvgIpc) is 2.33. The fourth-order valence-electron chi connectivity index (χ4n) is 1.85. The van der Waals surface area contributed by atoms with E-state index in [4.69, 9.17) is 4.52 Å². The van der Waals surface area contributed by atoms with Crippen LogP contribution in [0.5, 0.6) is 0 Å². The molecule has 0 saturated carbocycles. The zero-order valence-corrected chi connectivity index (χ0v) is 13.1. The highest BCUT2D eigenvalue weighted by Crippen LogP contribution is 2.46. The van der Waals surface area contributed by atoms with Crippen LogP contribution in [0.4, 0.5) is 0 Å². The molecule has 0 saturated heterocycles. The zero-order valence-electron chi connectivity index (χ0n) is 12.2. The minimum Gasteiger partial charge on any atom is -0.312 e. The van der Waals surface area contributed by atoms with E-state index in [-0.39, 0.29) is 0 Å². The van der Waals surface area contributed by atoms with E-state index in [1.54, 1.807) is 4.67 Å². The van der Waals surface area contributed by atoms with Crippen LogP contribution in [0, 0.1) is 0 Å². The molecule has 0 heterocycles. The first kappa shape index (κ1) is 18.1. The van der Waals surface area contributed by atoms with Gasteiger partial charge in [0.1, 0.15) is 0 Å². The normalized spacial score (nSPS) is 14.9. The molecule has 0 aromatic carbocycles. The maximum Gasteiger partial charge on any atom is 0.405 e. The van der Waals surface area contributed by atoms with Gasteiger partial charge in [-0.2, -0.15) is 0 Å². The molecular weight excluding hydrogens is 249 g/mol. The van der Waals surface area contributed by atoms with E-state index in [2.05, 4.69) is 6.92 Å².